The summed E-state index contributed by atoms with van der Waals surface area (Å²) in [4.78, 5) is 31.0. The van der Waals surface area contributed by atoms with E-state index < -0.39 is 11.4 Å². The summed E-state index contributed by atoms with van der Waals surface area (Å²) in [5.74, 6) is 1.14. The summed E-state index contributed by atoms with van der Waals surface area (Å²) >= 11 is 2.83. The van der Waals surface area contributed by atoms with Gasteiger partial charge in [-0.2, -0.15) is 0 Å². The number of methoxy groups -OCH3 is 1. The van der Waals surface area contributed by atoms with Crippen molar-refractivity contribution in [3.63, 3.8) is 0 Å². The van der Waals surface area contributed by atoms with Crippen LogP contribution in [0, 0.1) is 11.3 Å². The molecule has 2 aromatic rings. The summed E-state index contributed by atoms with van der Waals surface area (Å²) in [7, 11) is 1.65. The molecule has 0 bridgehead atoms. The van der Waals surface area contributed by atoms with Gasteiger partial charge >= 0.3 is 12.0 Å². The molecule has 1 aromatic carbocycles. The van der Waals surface area contributed by atoms with Crippen LogP contribution in [-0.2, 0) is 11.2 Å². The third-order valence-corrected chi connectivity index (χ3v) is 8.91. The van der Waals surface area contributed by atoms with E-state index in [-0.39, 0.29) is 12.1 Å². The van der Waals surface area contributed by atoms with Gasteiger partial charge in [-0.15, -0.1) is 11.8 Å². The lowest BCUT2D eigenvalue weighted by atomic mass is 9.86. The van der Waals surface area contributed by atoms with E-state index in [1.165, 1.54) is 23.1 Å². The van der Waals surface area contributed by atoms with Crippen LogP contribution in [0.3, 0.4) is 0 Å². The molecule has 1 aliphatic rings. The number of nitrogens with one attached hydrogen (secondary N) is 1. The Morgan fingerprint density at radius 2 is 1.91 bits per heavy atom. The number of carboxylic acid groups (broad SMARTS) is 1. The highest BCUT2D eigenvalue weighted by Gasteiger charge is 2.29. The number of ether oxygens (including phenoxy) is 1. The van der Waals surface area contributed by atoms with Crippen LogP contribution in [0.4, 0.5) is 9.93 Å². The highest BCUT2D eigenvalue weighted by Crippen LogP contribution is 2.34. The topological polar surface area (TPSA) is 91.8 Å². The highest BCUT2D eigenvalue weighted by atomic mass is 32.2. The molecule has 2 amide bonds. The van der Waals surface area contributed by atoms with Crippen molar-refractivity contribution in [2.75, 3.05) is 24.7 Å². The van der Waals surface area contributed by atoms with Gasteiger partial charge in [0, 0.05) is 18.3 Å². The van der Waals surface area contributed by atoms with Crippen LogP contribution in [0.25, 0.3) is 0 Å². The smallest absolute Gasteiger partial charge is 0.323 e. The summed E-state index contributed by atoms with van der Waals surface area (Å²) in [6.07, 6.45) is 6.77. The second-order valence-corrected chi connectivity index (χ2v) is 11.9. The standard InChI is InChI=1S/C25H35N3O4S2/c1-17-5-9-19(10-6-17)28(14-13-18-7-11-20(32-4)12-8-18)24(31)27-23-26-15-21(34-23)33-16-25(2,3)22(29)30/h7-8,11-12,15,17,19H,5-6,9-10,13-14,16H2,1-4H3,(H,29,30)(H,26,27,31). The van der Waals surface area contributed by atoms with Gasteiger partial charge in [-0.1, -0.05) is 30.4 Å². The van der Waals surface area contributed by atoms with Gasteiger partial charge in [0.05, 0.1) is 22.9 Å². The lowest BCUT2D eigenvalue weighted by Gasteiger charge is -2.36. The minimum atomic E-state index is -0.827. The molecule has 34 heavy (non-hydrogen) atoms. The average Bonchev–Trinajstić information content (AvgIpc) is 3.26. The van der Waals surface area contributed by atoms with Crippen LogP contribution in [0.15, 0.2) is 34.7 Å². The van der Waals surface area contributed by atoms with Crippen LogP contribution in [0.1, 0.15) is 52.0 Å². The van der Waals surface area contributed by atoms with E-state index in [4.69, 9.17) is 4.74 Å². The first-order valence-electron chi connectivity index (χ1n) is 11.7. The molecule has 1 fully saturated rings. The van der Waals surface area contributed by atoms with Gasteiger partial charge in [0.2, 0.25) is 0 Å². The molecule has 0 spiro atoms. The summed E-state index contributed by atoms with van der Waals surface area (Å²) in [5.41, 5.74) is 0.339. The summed E-state index contributed by atoms with van der Waals surface area (Å²) < 4.78 is 6.13. The molecule has 9 heteroatoms. The molecule has 1 aliphatic carbocycles. The van der Waals surface area contributed by atoms with E-state index in [9.17, 15) is 14.7 Å². The summed E-state index contributed by atoms with van der Waals surface area (Å²) in [5, 5.41) is 12.8. The van der Waals surface area contributed by atoms with Crippen LogP contribution in [0.5, 0.6) is 5.75 Å². The molecule has 186 valence electrons. The highest BCUT2D eigenvalue weighted by molar-refractivity contribution is 8.01. The first-order chi connectivity index (χ1) is 16.2. The molecule has 1 aromatic heterocycles. The Morgan fingerprint density at radius 1 is 1.24 bits per heavy atom. The van der Waals surface area contributed by atoms with Gasteiger partial charge in [0.25, 0.3) is 0 Å². The maximum atomic E-state index is 13.3. The maximum Gasteiger partial charge on any atom is 0.323 e. The minimum absolute atomic E-state index is 0.121. The number of aromatic nitrogens is 1. The van der Waals surface area contributed by atoms with Gasteiger partial charge < -0.3 is 14.7 Å². The minimum Gasteiger partial charge on any atom is -0.497 e. The van der Waals surface area contributed by atoms with E-state index in [1.54, 1.807) is 27.2 Å². The Kier molecular flexibility index (Phi) is 9.24. The number of hydrogen-bond donors (Lipinski definition) is 2. The first kappa shape index (κ1) is 26.3. The van der Waals surface area contributed by atoms with Gasteiger partial charge in [-0.05, 0) is 69.6 Å². The average molecular weight is 506 g/mol. The van der Waals surface area contributed by atoms with Crippen LogP contribution < -0.4 is 10.1 Å². The number of aliphatic carboxylic acids is 1. The van der Waals surface area contributed by atoms with E-state index in [2.05, 4.69) is 17.2 Å². The summed E-state index contributed by atoms with van der Waals surface area (Å²) in [6.45, 7) is 6.32. The molecule has 2 N–H and O–H groups in total. The molecule has 1 saturated carbocycles. The van der Waals surface area contributed by atoms with Gasteiger partial charge in [0.15, 0.2) is 5.13 Å². The molecule has 7 nitrogen and oxygen atoms in total. The number of nitrogens with zero attached hydrogens (tertiary/aromatic N) is 2. The number of carbonyl (C=O) groups excluding carboxylic acids is 1. The predicted octanol–water partition coefficient (Wildman–Crippen LogP) is 6.01. The third kappa shape index (κ3) is 7.37. The quantitative estimate of drug-likeness (QED) is 0.384. The fourth-order valence-corrected chi connectivity index (χ4v) is 5.85. The number of thioether (sulfide) groups is 1. The van der Waals surface area contributed by atoms with E-state index >= 15 is 0 Å². The van der Waals surface area contributed by atoms with Crippen LogP contribution in [-0.4, -0.2) is 52.4 Å². The lowest BCUT2D eigenvalue weighted by Crippen LogP contribution is -2.45. The number of hydrogen-bond acceptors (Lipinski definition) is 6. The zero-order chi connectivity index (χ0) is 24.7. The van der Waals surface area contributed by atoms with Crippen molar-refractivity contribution in [1.29, 1.82) is 0 Å². The zero-order valence-corrected chi connectivity index (χ0v) is 22.0. The monoisotopic (exact) mass is 505 g/mol. The van der Waals surface area contributed by atoms with Crippen molar-refractivity contribution in [1.82, 2.24) is 9.88 Å². The summed E-state index contributed by atoms with van der Waals surface area (Å²) in [6, 6.07) is 8.08. The fourth-order valence-electron chi connectivity index (χ4n) is 3.91. The van der Waals surface area contributed by atoms with Gasteiger partial charge in [-0.25, -0.2) is 9.78 Å². The third-order valence-electron chi connectivity index (χ3n) is 6.34. The number of thiazole rings is 1. The number of carboxylic acids is 1. The van der Waals surface area contributed by atoms with Crippen LogP contribution >= 0.6 is 23.1 Å². The SMILES string of the molecule is COc1ccc(CCN(C(=O)Nc2ncc(SCC(C)(C)C(=O)O)s2)C2CCC(C)CC2)cc1. The molecule has 0 atom stereocenters. The van der Waals surface area contributed by atoms with Crippen molar-refractivity contribution in [2.24, 2.45) is 11.3 Å². The lowest BCUT2D eigenvalue weighted by molar-refractivity contribution is -0.145. The number of urea groups is 1. The van der Waals surface area contributed by atoms with Gasteiger partial charge in [0.1, 0.15) is 5.75 Å². The molecule has 0 aliphatic heterocycles. The van der Waals surface area contributed by atoms with Crippen LogP contribution in [0.2, 0.25) is 0 Å². The molecule has 0 saturated heterocycles. The molecular formula is C25H35N3O4S2. The number of anilines is 1. The number of rotatable bonds is 10. The largest absolute Gasteiger partial charge is 0.497 e. The van der Waals surface area contributed by atoms with Crippen molar-refractivity contribution in [3.05, 3.63) is 36.0 Å². The Hall–Kier alpha value is -2.26. The number of benzene rings is 1. The zero-order valence-electron chi connectivity index (χ0n) is 20.4. The van der Waals surface area contributed by atoms with Crippen molar-refractivity contribution >= 4 is 40.2 Å². The molecule has 0 unspecified atom stereocenters. The first-order valence-corrected chi connectivity index (χ1v) is 13.5. The normalized spacial score (nSPS) is 18.4. The Balaban J connectivity index is 1.63. The van der Waals surface area contributed by atoms with Crippen molar-refractivity contribution in [2.45, 2.75) is 63.1 Å². The fraction of sp³-hybridized carbons (Fsp3) is 0.560. The van der Waals surface area contributed by atoms with Crippen molar-refractivity contribution in [3.8, 4) is 5.75 Å². The van der Waals surface area contributed by atoms with E-state index in [1.807, 2.05) is 29.2 Å². The maximum absolute atomic E-state index is 13.3. The van der Waals surface area contributed by atoms with E-state index in [0.717, 1.165) is 47.6 Å². The molecular weight excluding hydrogens is 470 g/mol. The Labute approximate surface area is 210 Å². The Morgan fingerprint density at radius 3 is 2.53 bits per heavy atom. The molecule has 3 rings (SSSR count). The van der Waals surface area contributed by atoms with Crippen molar-refractivity contribution < 1.29 is 19.4 Å². The Bertz CT molecular complexity index is 953. The second-order valence-electron chi connectivity index (χ2n) is 9.60. The number of amides is 2. The molecule has 0 radical (unpaired) electrons. The predicted molar refractivity (Wildman–Crippen MR) is 138 cm³/mol. The van der Waals surface area contributed by atoms with Gasteiger partial charge in [-0.3, -0.25) is 10.1 Å². The number of carbonyl (C=O) groups is 2. The molecule has 1 heterocycles. The van der Waals surface area contributed by atoms with E-state index in [0.29, 0.717) is 23.3 Å². The second kappa shape index (κ2) is 11.9.